The summed E-state index contributed by atoms with van der Waals surface area (Å²) in [6, 6.07) is 8.97. The van der Waals surface area contributed by atoms with E-state index in [-0.39, 0.29) is 25.0 Å². The highest BCUT2D eigenvalue weighted by Gasteiger charge is 2.34. The Balaban J connectivity index is 3.06. The summed E-state index contributed by atoms with van der Waals surface area (Å²) >= 11 is 0. The molecule has 6 heteroatoms. The number of rotatable bonds is 9. The van der Waals surface area contributed by atoms with E-state index in [9.17, 15) is 14.4 Å². The summed E-state index contributed by atoms with van der Waals surface area (Å²) in [7, 11) is 0. The Bertz CT molecular complexity index is 594. The van der Waals surface area contributed by atoms with Crippen LogP contribution in [-0.2, 0) is 28.6 Å². The molecule has 0 aliphatic carbocycles. The molecular formula is C20H28O6. The van der Waals surface area contributed by atoms with Gasteiger partial charge in [0.2, 0.25) is 0 Å². The summed E-state index contributed by atoms with van der Waals surface area (Å²) in [5.74, 6) is -2.22. The quantitative estimate of drug-likeness (QED) is 0.492. The zero-order chi connectivity index (χ0) is 19.7. The van der Waals surface area contributed by atoms with Crippen molar-refractivity contribution < 1.29 is 28.6 Å². The molecule has 0 spiro atoms. The predicted octanol–water partition coefficient (Wildman–Crippen LogP) is 3.59. The van der Waals surface area contributed by atoms with Crippen LogP contribution in [0.5, 0.6) is 0 Å². The van der Waals surface area contributed by atoms with Crippen LogP contribution in [0.3, 0.4) is 0 Å². The van der Waals surface area contributed by atoms with Crippen molar-refractivity contribution in [3.63, 3.8) is 0 Å². The highest BCUT2D eigenvalue weighted by atomic mass is 16.6. The normalized spacial score (nSPS) is 13.2. The second-order valence-electron chi connectivity index (χ2n) is 6.61. The molecule has 2 atom stereocenters. The Labute approximate surface area is 154 Å². The van der Waals surface area contributed by atoms with Crippen LogP contribution in [-0.4, -0.2) is 30.1 Å². The van der Waals surface area contributed by atoms with Gasteiger partial charge in [0, 0.05) is 13.3 Å². The van der Waals surface area contributed by atoms with E-state index in [1.54, 1.807) is 52.0 Å². The number of ether oxygens (including phenoxy) is 3. The number of hydrogen-bond acceptors (Lipinski definition) is 6. The number of carbonyl (C=O) groups excluding carboxylic acids is 3. The first-order valence-electron chi connectivity index (χ1n) is 8.82. The molecular weight excluding hydrogens is 336 g/mol. The lowest BCUT2D eigenvalue weighted by Crippen LogP contribution is -2.30. The maximum atomic E-state index is 12.6. The molecule has 1 aromatic rings. The second-order valence-corrected chi connectivity index (χ2v) is 6.61. The third-order valence-corrected chi connectivity index (χ3v) is 3.47. The highest BCUT2D eigenvalue weighted by Crippen LogP contribution is 2.31. The van der Waals surface area contributed by atoms with E-state index in [4.69, 9.17) is 14.2 Å². The van der Waals surface area contributed by atoms with Gasteiger partial charge in [-0.25, -0.2) is 0 Å². The fourth-order valence-corrected chi connectivity index (χ4v) is 2.51. The van der Waals surface area contributed by atoms with Crippen molar-refractivity contribution in [3.8, 4) is 0 Å². The predicted molar refractivity (Wildman–Crippen MR) is 96.1 cm³/mol. The van der Waals surface area contributed by atoms with E-state index < -0.39 is 29.9 Å². The molecule has 6 nitrogen and oxygen atoms in total. The van der Waals surface area contributed by atoms with Gasteiger partial charge in [-0.15, -0.1) is 0 Å². The van der Waals surface area contributed by atoms with Crippen LogP contribution >= 0.6 is 0 Å². The molecule has 26 heavy (non-hydrogen) atoms. The lowest BCUT2D eigenvalue weighted by molar-refractivity contribution is -0.164. The van der Waals surface area contributed by atoms with Gasteiger partial charge in [0.25, 0.3) is 0 Å². The van der Waals surface area contributed by atoms with Crippen LogP contribution in [0.25, 0.3) is 0 Å². The number of hydrogen-bond donors (Lipinski definition) is 0. The SMILES string of the molecule is CC(=O)OC(c1ccccc1)C(CCC(=O)OC(C)C)C(=O)OC(C)C. The zero-order valence-corrected chi connectivity index (χ0v) is 16.1. The lowest BCUT2D eigenvalue weighted by atomic mass is 9.91. The minimum Gasteiger partial charge on any atom is -0.463 e. The fourth-order valence-electron chi connectivity index (χ4n) is 2.51. The topological polar surface area (TPSA) is 78.9 Å². The first kappa shape index (κ1) is 21.7. The third-order valence-electron chi connectivity index (χ3n) is 3.47. The molecule has 2 unspecified atom stereocenters. The molecule has 0 heterocycles. The van der Waals surface area contributed by atoms with Gasteiger partial charge in [-0.2, -0.15) is 0 Å². The van der Waals surface area contributed by atoms with E-state index in [0.717, 1.165) is 0 Å². The van der Waals surface area contributed by atoms with E-state index >= 15 is 0 Å². The van der Waals surface area contributed by atoms with Crippen molar-refractivity contribution in [2.75, 3.05) is 0 Å². The molecule has 0 aliphatic heterocycles. The molecule has 0 fully saturated rings. The molecule has 0 aliphatic rings. The van der Waals surface area contributed by atoms with Gasteiger partial charge < -0.3 is 14.2 Å². The van der Waals surface area contributed by atoms with Gasteiger partial charge in [0.15, 0.2) is 0 Å². The smallest absolute Gasteiger partial charge is 0.313 e. The van der Waals surface area contributed by atoms with Crippen LogP contribution in [0.1, 0.15) is 59.1 Å². The van der Waals surface area contributed by atoms with Gasteiger partial charge in [-0.3, -0.25) is 14.4 Å². The van der Waals surface area contributed by atoms with Crippen molar-refractivity contribution in [2.45, 2.75) is 65.8 Å². The summed E-state index contributed by atoms with van der Waals surface area (Å²) < 4.78 is 15.9. The van der Waals surface area contributed by atoms with Crippen LogP contribution < -0.4 is 0 Å². The Hall–Kier alpha value is -2.37. The van der Waals surface area contributed by atoms with Gasteiger partial charge in [0.1, 0.15) is 6.10 Å². The van der Waals surface area contributed by atoms with Gasteiger partial charge in [0.05, 0.1) is 18.1 Å². The molecule has 0 N–H and O–H groups in total. The molecule has 0 aromatic heterocycles. The molecule has 0 radical (unpaired) electrons. The Morgan fingerprint density at radius 2 is 1.46 bits per heavy atom. The summed E-state index contributed by atoms with van der Waals surface area (Å²) in [6.45, 7) is 8.28. The fraction of sp³-hybridized carbons (Fsp3) is 0.550. The van der Waals surface area contributed by atoms with Gasteiger partial charge in [-0.1, -0.05) is 30.3 Å². The zero-order valence-electron chi connectivity index (χ0n) is 16.1. The Kier molecular flexibility index (Phi) is 8.82. The number of benzene rings is 1. The van der Waals surface area contributed by atoms with Crippen LogP contribution in [0.4, 0.5) is 0 Å². The van der Waals surface area contributed by atoms with E-state index in [2.05, 4.69) is 0 Å². The van der Waals surface area contributed by atoms with Crippen LogP contribution in [0.15, 0.2) is 30.3 Å². The Morgan fingerprint density at radius 3 is 1.96 bits per heavy atom. The first-order valence-corrected chi connectivity index (χ1v) is 8.82. The van der Waals surface area contributed by atoms with Crippen molar-refractivity contribution in [3.05, 3.63) is 35.9 Å². The number of esters is 3. The standard InChI is InChI=1S/C20H28O6/c1-13(2)24-18(22)12-11-17(20(23)25-14(3)4)19(26-15(5)21)16-9-7-6-8-10-16/h6-10,13-14,17,19H,11-12H2,1-5H3. The minimum atomic E-state index is -0.827. The maximum Gasteiger partial charge on any atom is 0.313 e. The van der Waals surface area contributed by atoms with E-state index in [0.29, 0.717) is 5.56 Å². The molecule has 0 saturated carbocycles. The average molecular weight is 364 g/mol. The van der Waals surface area contributed by atoms with Crippen molar-refractivity contribution in [1.82, 2.24) is 0 Å². The first-order chi connectivity index (χ1) is 12.2. The largest absolute Gasteiger partial charge is 0.463 e. The molecule has 144 valence electrons. The third kappa shape index (κ3) is 7.68. The van der Waals surface area contributed by atoms with E-state index in [1.165, 1.54) is 6.92 Å². The lowest BCUT2D eigenvalue weighted by Gasteiger charge is -2.26. The van der Waals surface area contributed by atoms with E-state index in [1.807, 2.05) is 6.07 Å². The molecule has 1 rings (SSSR count). The summed E-state index contributed by atoms with van der Waals surface area (Å²) in [4.78, 5) is 36.1. The molecule has 1 aromatic carbocycles. The summed E-state index contributed by atoms with van der Waals surface area (Å²) in [5.41, 5.74) is 0.672. The average Bonchev–Trinajstić information content (AvgIpc) is 2.53. The second kappa shape index (κ2) is 10.6. The molecule has 0 bridgehead atoms. The van der Waals surface area contributed by atoms with Crippen molar-refractivity contribution >= 4 is 17.9 Å². The Morgan fingerprint density at radius 1 is 0.885 bits per heavy atom. The van der Waals surface area contributed by atoms with Crippen LogP contribution in [0.2, 0.25) is 0 Å². The molecule has 0 saturated heterocycles. The highest BCUT2D eigenvalue weighted by molar-refractivity contribution is 5.76. The van der Waals surface area contributed by atoms with Gasteiger partial charge in [-0.05, 0) is 39.7 Å². The van der Waals surface area contributed by atoms with Crippen molar-refractivity contribution in [2.24, 2.45) is 5.92 Å². The monoisotopic (exact) mass is 364 g/mol. The van der Waals surface area contributed by atoms with Crippen molar-refractivity contribution in [1.29, 1.82) is 0 Å². The summed E-state index contributed by atoms with van der Waals surface area (Å²) in [5, 5.41) is 0. The maximum absolute atomic E-state index is 12.6. The summed E-state index contributed by atoms with van der Waals surface area (Å²) in [6.07, 6.45) is -1.19. The van der Waals surface area contributed by atoms with Gasteiger partial charge >= 0.3 is 17.9 Å². The number of carbonyl (C=O) groups is 3. The van der Waals surface area contributed by atoms with Crippen LogP contribution in [0, 0.1) is 5.92 Å². The minimum absolute atomic E-state index is 0.0284. The molecule has 0 amide bonds.